The number of hydrogen-bond acceptors (Lipinski definition) is 3. The Morgan fingerprint density at radius 2 is 2.17 bits per heavy atom. The normalized spacial score (nSPS) is 35.4. The average Bonchev–Trinajstić information content (AvgIpc) is 2.39. The maximum atomic E-state index is 11.2. The Morgan fingerprint density at radius 3 is 2.94 bits per heavy atom. The largest absolute Gasteiger partial charge is 0.383 e. The molecule has 1 saturated heterocycles. The van der Waals surface area contributed by atoms with Crippen molar-refractivity contribution in [2.24, 2.45) is 11.8 Å². The molecule has 18 heavy (non-hydrogen) atoms. The standard InChI is InChI=1S/C15H18N2O/c1-17-9-12-7-6-11-4-2-3-5-14(11)15(12,18)13(8-16)10-17/h2-5,12-13,18H,6-7,9-10H2,1H3/t12-,13+,15+/m1/s1. The van der Waals surface area contributed by atoms with Gasteiger partial charge in [0.2, 0.25) is 0 Å². The van der Waals surface area contributed by atoms with Gasteiger partial charge in [-0.1, -0.05) is 24.3 Å². The maximum Gasteiger partial charge on any atom is 0.111 e. The van der Waals surface area contributed by atoms with Gasteiger partial charge in [-0.25, -0.2) is 0 Å². The van der Waals surface area contributed by atoms with Crippen LogP contribution in [-0.4, -0.2) is 30.1 Å². The number of nitrogens with zero attached hydrogens (tertiary/aromatic N) is 2. The average molecular weight is 242 g/mol. The molecule has 1 fully saturated rings. The molecule has 3 heteroatoms. The topological polar surface area (TPSA) is 47.3 Å². The van der Waals surface area contributed by atoms with Gasteiger partial charge in [0.05, 0.1) is 12.0 Å². The van der Waals surface area contributed by atoms with Crippen LogP contribution in [-0.2, 0) is 12.0 Å². The zero-order chi connectivity index (χ0) is 12.8. The van der Waals surface area contributed by atoms with Crippen molar-refractivity contribution < 1.29 is 5.11 Å². The molecule has 1 aliphatic carbocycles. The van der Waals surface area contributed by atoms with E-state index in [1.165, 1.54) is 5.56 Å². The van der Waals surface area contributed by atoms with Crippen LogP contribution in [0.4, 0.5) is 0 Å². The van der Waals surface area contributed by atoms with E-state index in [2.05, 4.69) is 17.0 Å². The lowest BCUT2D eigenvalue weighted by Gasteiger charge is -2.50. The summed E-state index contributed by atoms with van der Waals surface area (Å²) in [7, 11) is 2.03. The highest BCUT2D eigenvalue weighted by molar-refractivity contribution is 5.38. The number of piperidine rings is 1. The number of likely N-dealkylation sites (tertiary alicyclic amines) is 1. The van der Waals surface area contributed by atoms with Crippen molar-refractivity contribution in [2.75, 3.05) is 20.1 Å². The highest BCUT2D eigenvalue weighted by Crippen LogP contribution is 2.47. The number of hydrogen-bond donors (Lipinski definition) is 1. The molecule has 1 N–H and O–H groups in total. The molecule has 0 bridgehead atoms. The van der Waals surface area contributed by atoms with Crippen molar-refractivity contribution in [3.05, 3.63) is 35.4 Å². The van der Waals surface area contributed by atoms with Crippen LogP contribution >= 0.6 is 0 Å². The van der Waals surface area contributed by atoms with E-state index in [9.17, 15) is 10.4 Å². The summed E-state index contributed by atoms with van der Waals surface area (Å²) in [5.41, 5.74) is 1.25. The van der Waals surface area contributed by atoms with Gasteiger partial charge in [-0.3, -0.25) is 0 Å². The Bertz CT molecular complexity index is 507. The zero-order valence-electron chi connectivity index (χ0n) is 10.6. The van der Waals surface area contributed by atoms with E-state index < -0.39 is 5.60 Å². The molecule has 3 rings (SSSR count). The summed E-state index contributed by atoms with van der Waals surface area (Å²) < 4.78 is 0. The first kappa shape index (κ1) is 11.7. The SMILES string of the molecule is CN1C[C@H]2CCc3ccccc3[C@@]2(O)[C@@H](C#N)C1. The Morgan fingerprint density at radius 1 is 1.39 bits per heavy atom. The number of aliphatic hydroxyl groups is 1. The first-order valence-corrected chi connectivity index (χ1v) is 6.55. The minimum atomic E-state index is -0.948. The van der Waals surface area contributed by atoms with Gasteiger partial charge in [0, 0.05) is 19.0 Å². The molecule has 3 nitrogen and oxygen atoms in total. The minimum Gasteiger partial charge on any atom is -0.383 e. The summed E-state index contributed by atoms with van der Waals surface area (Å²) >= 11 is 0. The second-order valence-electron chi connectivity index (χ2n) is 5.62. The summed E-state index contributed by atoms with van der Waals surface area (Å²) in [6.07, 6.45) is 1.98. The van der Waals surface area contributed by atoms with Crippen molar-refractivity contribution >= 4 is 0 Å². The summed E-state index contributed by atoms with van der Waals surface area (Å²) in [6.45, 7) is 1.53. The van der Waals surface area contributed by atoms with Crippen LogP contribution in [0.2, 0.25) is 0 Å². The molecule has 0 unspecified atom stereocenters. The van der Waals surface area contributed by atoms with Gasteiger partial charge in [0.25, 0.3) is 0 Å². The van der Waals surface area contributed by atoms with E-state index in [1.54, 1.807) is 0 Å². The highest BCUT2D eigenvalue weighted by Gasteiger charge is 2.51. The molecule has 0 amide bonds. The van der Waals surface area contributed by atoms with Crippen molar-refractivity contribution in [1.29, 1.82) is 5.26 Å². The number of fused-ring (bicyclic) bond motifs is 3. The molecule has 1 aliphatic heterocycles. The third-order valence-corrected chi connectivity index (χ3v) is 4.55. The van der Waals surface area contributed by atoms with E-state index in [1.807, 2.05) is 25.2 Å². The van der Waals surface area contributed by atoms with Crippen molar-refractivity contribution in [1.82, 2.24) is 4.90 Å². The van der Waals surface area contributed by atoms with Gasteiger partial charge < -0.3 is 10.0 Å². The van der Waals surface area contributed by atoms with Crippen molar-refractivity contribution in [3.8, 4) is 6.07 Å². The molecule has 94 valence electrons. The first-order valence-electron chi connectivity index (χ1n) is 6.55. The van der Waals surface area contributed by atoms with Crippen molar-refractivity contribution in [3.63, 3.8) is 0 Å². The molecule has 1 heterocycles. The molecule has 1 aromatic carbocycles. The molecule has 0 saturated carbocycles. The van der Waals surface area contributed by atoms with Crippen LogP contribution < -0.4 is 0 Å². The van der Waals surface area contributed by atoms with Crippen molar-refractivity contribution in [2.45, 2.75) is 18.4 Å². The van der Waals surface area contributed by atoms with Crippen LogP contribution in [0.15, 0.2) is 24.3 Å². The van der Waals surface area contributed by atoms with E-state index in [0.29, 0.717) is 6.54 Å². The predicted octanol–water partition coefficient (Wildman–Crippen LogP) is 1.52. The van der Waals surface area contributed by atoms with Crippen LogP contribution in [0.5, 0.6) is 0 Å². The minimum absolute atomic E-state index is 0.177. The molecule has 2 aliphatic rings. The Kier molecular flexibility index (Phi) is 2.65. The zero-order valence-corrected chi connectivity index (χ0v) is 10.6. The smallest absolute Gasteiger partial charge is 0.111 e. The Labute approximate surface area is 108 Å². The third kappa shape index (κ3) is 1.50. The Hall–Kier alpha value is -1.37. The summed E-state index contributed by atoms with van der Waals surface area (Å²) in [6, 6.07) is 10.4. The van der Waals surface area contributed by atoms with Gasteiger partial charge >= 0.3 is 0 Å². The maximum absolute atomic E-state index is 11.2. The molecule has 1 aromatic rings. The summed E-state index contributed by atoms with van der Waals surface area (Å²) in [5, 5.41) is 20.6. The third-order valence-electron chi connectivity index (χ3n) is 4.55. The van der Waals surface area contributed by atoms with Gasteiger partial charge in [0.15, 0.2) is 0 Å². The fraction of sp³-hybridized carbons (Fsp3) is 0.533. The lowest BCUT2D eigenvalue weighted by molar-refractivity contribution is -0.110. The molecular formula is C15H18N2O. The summed E-state index contributed by atoms with van der Waals surface area (Å²) in [5.74, 6) is -0.154. The summed E-state index contributed by atoms with van der Waals surface area (Å²) in [4.78, 5) is 2.17. The van der Waals surface area contributed by atoms with E-state index >= 15 is 0 Å². The number of nitriles is 1. The lowest BCUT2D eigenvalue weighted by atomic mass is 9.63. The van der Waals surface area contributed by atoms with Gasteiger partial charge in [-0.05, 0) is 31.0 Å². The van der Waals surface area contributed by atoms with E-state index in [0.717, 1.165) is 24.9 Å². The van der Waals surface area contributed by atoms with Crippen LogP contribution in [0.25, 0.3) is 0 Å². The molecule has 3 atom stereocenters. The van der Waals surface area contributed by atoms with Gasteiger partial charge in [0.1, 0.15) is 5.60 Å². The monoisotopic (exact) mass is 242 g/mol. The molecular weight excluding hydrogens is 224 g/mol. The second-order valence-corrected chi connectivity index (χ2v) is 5.62. The number of benzene rings is 1. The van der Waals surface area contributed by atoms with E-state index in [-0.39, 0.29) is 11.8 Å². The van der Waals surface area contributed by atoms with Crippen LogP contribution in [0.1, 0.15) is 17.5 Å². The number of rotatable bonds is 0. The van der Waals surface area contributed by atoms with Gasteiger partial charge in [-0.15, -0.1) is 0 Å². The fourth-order valence-electron chi connectivity index (χ4n) is 3.64. The lowest BCUT2D eigenvalue weighted by Crippen LogP contribution is -2.56. The molecule has 0 spiro atoms. The van der Waals surface area contributed by atoms with Crippen LogP contribution in [0, 0.1) is 23.2 Å². The molecule has 0 radical (unpaired) electrons. The van der Waals surface area contributed by atoms with E-state index in [4.69, 9.17) is 0 Å². The Balaban J connectivity index is 2.12. The quantitative estimate of drug-likeness (QED) is 0.750. The van der Waals surface area contributed by atoms with Crippen LogP contribution in [0.3, 0.4) is 0 Å². The highest BCUT2D eigenvalue weighted by atomic mass is 16.3. The fourth-order valence-corrected chi connectivity index (χ4v) is 3.64. The second kappa shape index (κ2) is 4.08. The van der Waals surface area contributed by atoms with Gasteiger partial charge in [-0.2, -0.15) is 5.26 Å². The first-order chi connectivity index (χ1) is 8.66. The predicted molar refractivity (Wildman–Crippen MR) is 68.7 cm³/mol. The molecule has 0 aromatic heterocycles. The number of aryl methyl sites for hydroxylation is 1.